The standard InChI is InChI=1S/C16H17N3O2/c1-10(2)9-21-16(20)11-3-4-13-12(7-11)8-15(18-13)14-5-6-17-19-14/h3-8,10,18H,9H2,1-2H3,(H,17,19). The van der Waals surface area contributed by atoms with Gasteiger partial charge in [-0.1, -0.05) is 13.8 Å². The molecule has 0 unspecified atom stereocenters. The van der Waals surface area contributed by atoms with E-state index in [9.17, 15) is 4.79 Å². The first kappa shape index (κ1) is 13.4. The van der Waals surface area contributed by atoms with E-state index in [2.05, 4.69) is 15.2 Å². The van der Waals surface area contributed by atoms with Crippen molar-refractivity contribution >= 4 is 16.9 Å². The molecule has 3 rings (SSSR count). The molecule has 0 atom stereocenters. The number of carbonyl (C=O) groups excluding carboxylic acids is 1. The molecule has 3 aromatic rings. The number of aromatic amines is 2. The van der Waals surface area contributed by atoms with E-state index in [1.807, 2.05) is 38.1 Å². The molecule has 5 heteroatoms. The number of hydrogen-bond donors (Lipinski definition) is 2. The van der Waals surface area contributed by atoms with Gasteiger partial charge in [0.2, 0.25) is 0 Å². The molecule has 0 aliphatic heterocycles. The zero-order valence-electron chi connectivity index (χ0n) is 12.0. The number of esters is 1. The van der Waals surface area contributed by atoms with Gasteiger partial charge in [0.05, 0.1) is 23.6 Å². The van der Waals surface area contributed by atoms with E-state index in [0.717, 1.165) is 22.3 Å². The maximum absolute atomic E-state index is 12.0. The maximum atomic E-state index is 12.0. The van der Waals surface area contributed by atoms with Crippen LogP contribution in [0.5, 0.6) is 0 Å². The molecule has 0 bridgehead atoms. The average Bonchev–Trinajstić information content (AvgIpc) is 3.11. The molecule has 0 amide bonds. The first-order valence-corrected chi connectivity index (χ1v) is 6.93. The number of nitrogens with one attached hydrogen (secondary N) is 2. The third-order valence-electron chi connectivity index (χ3n) is 3.20. The van der Waals surface area contributed by atoms with Gasteiger partial charge in [0, 0.05) is 17.1 Å². The predicted octanol–water partition coefficient (Wildman–Crippen LogP) is 3.37. The highest BCUT2D eigenvalue weighted by Gasteiger charge is 2.11. The summed E-state index contributed by atoms with van der Waals surface area (Å²) in [5.74, 6) is 0.0480. The molecule has 2 aromatic heterocycles. The molecule has 1 aromatic carbocycles. The SMILES string of the molecule is CC(C)COC(=O)c1ccc2[nH]c(-c3ccn[nH]3)cc2c1. The van der Waals surface area contributed by atoms with Gasteiger partial charge >= 0.3 is 5.97 Å². The second kappa shape index (κ2) is 5.44. The Hall–Kier alpha value is -2.56. The van der Waals surface area contributed by atoms with E-state index >= 15 is 0 Å². The largest absolute Gasteiger partial charge is 0.462 e. The third kappa shape index (κ3) is 2.81. The minimum Gasteiger partial charge on any atom is -0.462 e. The maximum Gasteiger partial charge on any atom is 0.338 e. The Balaban J connectivity index is 1.88. The summed E-state index contributed by atoms with van der Waals surface area (Å²) in [4.78, 5) is 15.3. The number of aromatic nitrogens is 3. The van der Waals surface area contributed by atoms with Crippen molar-refractivity contribution in [2.75, 3.05) is 6.61 Å². The summed E-state index contributed by atoms with van der Waals surface area (Å²) in [5, 5.41) is 7.82. The predicted molar refractivity (Wildman–Crippen MR) is 81.0 cm³/mol. The van der Waals surface area contributed by atoms with Crippen LogP contribution < -0.4 is 0 Å². The Kier molecular flexibility index (Phi) is 3.48. The molecule has 0 aliphatic carbocycles. The fourth-order valence-corrected chi connectivity index (χ4v) is 2.14. The topological polar surface area (TPSA) is 70.8 Å². The van der Waals surface area contributed by atoms with Crippen molar-refractivity contribution in [2.24, 2.45) is 5.92 Å². The van der Waals surface area contributed by atoms with Gasteiger partial charge in [0.25, 0.3) is 0 Å². The van der Waals surface area contributed by atoms with Crippen molar-refractivity contribution < 1.29 is 9.53 Å². The van der Waals surface area contributed by atoms with Gasteiger partial charge in [-0.25, -0.2) is 4.79 Å². The number of fused-ring (bicyclic) bond motifs is 1. The third-order valence-corrected chi connectivity index (χ3v) is 3.20. The van der Waals surface area contributed by atoms with Gasteiger partial charge in [-0.15, -0.1) is 0 Å². The molecule has 5 nitrogen and oxygen atoms in total. The van der Waals surface area contributed by atoms with Gasteiger partial charge in [-0.05, 0) is 36.2 Å². The Morgan fingerprint density at radius 3 is 2.81 bits per heavy atom. The van der Waals surface area contributed by atoms with Gasteiger partial charge in [-0.3, -0.25) is 5.10 Å². The highest BCUT2D eigenvalue weighted by Crippen LogP contribution is 2.23. The Labute approximate surface area is 122 Å². The second-order valence-corrected chi connectivity index (χ2v) is 5.45. The quantitative estimate of drug-likeness (QED) is 0.721. The number of rotatable bonds is 4. The second-order valence-electron chi connectivity index (χ2n) is 5.45. The van der Waals surface area contributed by atoms with Crippen molar-refractivity contribution in [3.63, 3.8) is 0 Å². The van der Waals surface area contributed by atoms with Crippen molar-refractivity contribution in [3.8, 4) is 11.4 Å². The van der Waals surface area contributed by atoms with Gasteiger partial charge in [-0.2, -0.15) is 5.10 Å². The first-order chi connectivity index (χ1) is 10.1. The molecular weight excluding hydrogens is 266 g/mol. The smallest absolute Gasteiger partial charge is 0.338 e. The van der Waals surface area contributed by atoms with Crippen LogP contribution in [0, 0.1) is 5.92 Å². The van der Waals surface area contributed by atoms with E-state index in [1.54, 1.807) is 12.3 Å². The molecule has 2 heterocycles. The summed E-state index contributed by atoms with van der Waals surface area (Å²) >= 11 is 0. The summed E-state index contributed by atoms with van der Waals surface area (Å²) in [6.07, 6.45) is 1.70. The lowest BCUT2D eigenvalue weighted by Crippen LogP contribution is -2.09. The van der Waals surface area contributed by atoms with Crippen molar-refractivity contribution in [1.29, 1.82) is 0 Å². The summed E-state index contributed by atoms with van der Waals surface area (Å²) < 4.78 is 5.25. The zero-order valence-corrected chi connectivity index (χ0v) is 12.0. The Morgan fingerprint density at radius 1 is 1.24 bits per heavy atom. The molecule has 0 saturated heterocycles. The summed E-state index contributed by atoms with van der Waals surface area (Å²) in [7, 11) is 0. The molecule has 0 radical (unpaired) electrons. The van der Waals surface area contributed by atoms with Crippen molar-refractivity contribution in [1.82, 2.24) is 15.2 Å². The summed E-state index contributed by atoms with van der Waals surface area (Å²) in [5.41, 5.74) is 3.39. The number of benzene rings is 1. The van der Waals surface area contributed by atoms with Crippen LogP contribution in [0.1, 0.15) is 24.2 Å². The van der Waals surface area contributed by atoms with Crippen LogP contribution >= 0.6 is 0 Å². The van der Waals surface area contributed by atoms with Gasteiger partial charge < -0.3 is 9.72 Å². The number of carbonyl (C=O) groups is 1. The molecule has 108 valence electrons. The van der Waals surface area contributed by atoms with E-state index < -0.39 is 0 Å². The fraction of sp³-hybridized carbons (Fsp3) is 0.250. The lowest BCUT2D eigenvalue weighted by Gasteiger charge is -2.06. The van der Waals surface area contributed by atoms with Gasteiger partial charge in [0.1, 0.15) is 0 Å². The highest BCUT2D eigenvalue weighted by atomic mass is 16.5. The molecule has 21 heavy (non-hydrogen) atoms. The number of nitrogens with zero attached hydrogens (tertiary/aromatic N) is 1. The molecule has 0 fully saturated rings. The lowest BCUT2D eigenvalue weighted by molar-refractivity contribution is 0.0459. The number of H-pyrrole nitrogens is 2. The lowest BCUT2D eigenvalue weighted by atomic mass is 10.1. The van der Waals surface area contributed by atoms with Gasteiger partial charge in [0.15, 0.2) is 0 Å². The van der Waals surface area contributed by atoms with Crippen LogP contribution in [0.3, 0.4) is 0 Å². The Morgan fingerprint density at radius 2 is 2.10 bits per heavy atom. The average molecular weight is 283 g/mol. The molecule has 0 saturated carbocycles. The van der Waals surface area contributed by atoms with Crippen LogP contribution in [-0.4, -0.2) is 27.8 Å². The summed E-state index contributed by atoms with van der Waals surface area (Å²) in [6.45, 7) is 4.46. The first-order valence-electron chi connectivity index (χ1n) is 6.93. The van der Waals surface area contributed by atoms with Crippen molar-refractivity contribution in [2.45, 2.75) is 13.8 Å². The number of hydrogen-bond acceptors (Lipinski definition) is 3. The minimum atomic E-state index is -0.283. The minimum absolute atomic E-state index is 0.283. The van der Waals surface area contributed by atoms with E-state index in [1.165, 1.54) is 0 Å². The van der Waals surface area contributed by atoms with E-state index in [0.29, 0.717) is 18.1 Å². The molecule has 2 N–H and O–H groups in total. The summed E-state index contributed by atoms with van der Waals surface area (Å²) in [6, 6.07) is 9.39. The fourth-order valence-electron chi connectivity index (χ4n) is 2.14. The monoisotopic (exact) mass is 283 g/mol. The molecule has 0 spiro atoms. The number of ether oxygens (including phenoxy) is 1. The van der Waals surface area contributed by atoms with E-state index in [4.69, 9.17) is 4.74 Å². The van der Waals surface area contributed by atoms with Crippen LogP contribution in [0.15, 0.2) is 36.5 Å². The zero-order chi connectivity index (χ0) is 14.8. The van der Waals surface area contributed by atoms with Crippen LogP contribution in [0.2, 0.25) is 0 Å². The molecular formula is C16H17N3O2. The highest BCUT2D eigenvalue weighted by molar-refractivity contribution is 5.96. The Bertz CT molecular complexity index is 757. The van der Waals surface area contributed by atoms with Crippen LogP contribution in [-0.2, 0) is 4.74 Å². The van der Waals surface area contributed by atoms with Crippen molar-refractivity contribution in [3.05, 3.63) is 42.1 Å². The van der Waals surface area contributed by atoms with Crippen LogP contribution in [0.25, 0.3) is 22.3 Å². The van der Waals surface area contributed by atoms with Crippen LogP contribution in [0.4, 0.5) is 0 Å². The van der Waals surface area contributed by atoms with E-state index in [-0.39, 0.29) is 5.97 Å². The molecule has 0 aliphatic rings. The normalized spacial score (nSPS) is 11.2.